The summed E-state index contributed by atoms with van der Waals surface area (Å²) in [7, 11) is 0. The third-order valence-corrected chi connectivity index (χ3v) is 4.02. The number of carbonyl (C=O) groups excluding carboxylic acids is 1. The Bertz CT molecular complexity index is 810. The number of hydrogen-bond donors (Lipinski definition) is 0. The van der Waals surface area contributed by atoms with E-state index in [9.17, 15) is 22.4 Å². The van der Waals surface area contributed by atoms with E-state index in [1.54, 1.807) is 0 Å². The third-order valence-electron chi connectivity index (χ3n) is 4.02. The number of halogens is 4. The summed E-state index contributed by atoms with van der Waals surface area (Å²) in [6.07, 6.45) is 0.862. The molecule has 132 valence electrons. The molecule has 2 nitrogen and oxygen atoms in total. The van der Waals surface area contributed by atoms with Crippen molar-refractivity contribution in [3.8, 4) is 0 Å². The standard InChI is InChI=1S/C19H17F4NO/c1-10-5-4-6-11(2)14(10)7-13(25)8-24-9-15-16(20)12(3)17(21)19(23)18(15)22/h4-6,9H,7-8H2,1-3H3. The SMILES string of the molecule is Cc1cccc(C)c1CC(=O)CN=Cc1c(F)c(C)c(F)c(F)c1F. The summed E-state index contributed by atoms with van der Waals surface area (Å²) in [5.74, 6) is -6.48. The number of aliphatic imine (C=N–C) groups is 1. The van der Waals surface area contributed by atoms with Crippen molar-refractivity contribution in [2.75, 3.05) is 6.54 Å². The predicted molar refractivity (Wildman–Crippen MR) is 88.1 cm³/mol. The molecule has 6 heteroatoms. The van der Waals surface area contributed by atoms with E-state index in [1.165, 1.54) is 0 Å². The van der Waals surface area contributed by atoms with Crippen LogP contribution in [0.15, 0.2) is 23.2 Å². The van der Waals surface area contributed by atoms with Gasteiger partial charge in [-0.25, -0.2) is 17.6 Å². The van der Waals surface area contributed by atoms with Gasteiger partial charge in [0.2, 0.25) is 0 Å². The minimum absolute atomic E-state index is 0.137. The number of Topliss-reactive ketones (excluding diaryl/α,β-unsaturated/α-hetero) is 1. The van der Waals surface area contributed by atoms with E-state index in [-0.39, 0.29) is 18.7 Å². The highest BCUT2D eigenvalue weighted by Gasteiger charge is 2.21. The van der Waals surface area contributed by atoms with Crippen LogP contribution in [0.5, 0.6) is 0 Å². The fourth-order valence-electron chi connectivity index (χ4n) is 2.51. The van der Waals surface area contributed by atoms with Crippen LogP contribution in [0.2, 0.25) is 0 Å². The lowest BCUT2D eigenvalue weighted by Crippen LogP contribution is -2.10. The van der Waals surface area contributed by atoms with Crippen LogP contribution in [0.25, 0.3) is 0 Å². The van der Waals surface area contributed by atoms with Gasteiger partial charge in [-0.3, -0.25) is 9.79 Å². The Balaban J connectivity index is 2.15. The molecule has 0 radical (unpaired) electrons. The molecule has 0 saturated heterocycles. The van der Waals surface area contributed by atoms with E-state index in [0.29, 0.717) is 0 Å². The first-order valence-electron chi connectivity index (χ1n) is 7.63. The average Bonchev–Trinajstić information content (AvgIpc) is 2.58. The molecule has 0 heterocycles. The number of hydrogen-bond acceptors (Lipinski definition) is 2. The zero-order valence-corrected chi connectivity index (χ0v) is 14.1. The molecular weight excluding hydrogens is 334 g/mol. The predicted octanol–water partition coefficient (Wildman–Crippen LogP) is 4.40. The molecule has 0 aromatic heterocycles. The Morgan fingerprint density at radius 3 is 2.16 bits per heavy atom. The Morgan fingerprint density at radius 2 is 1.56 bits per heavy atom. The maximum Gasteiger partial charge on any atom is 0.195 e. The van der Waals surface area contributed by atoms with Gasteiger partial charge in [0.1, 0.15) is 5.82 Å². The van der Waals surface area contributed by atoms with E-state index >= 15 is 0 Å². The van der Waals surface area contributed by atoms with Crippen LogP contribution >= 0.6 is 0 Å². The van der Waals surface area contributed by atoms with E-state index in [1.807, 2.05) is 32.0 Å². The first-order valence-corrected chi connectivity index (χ1v) is 7.63. The van der Waals surface area contributed by atoms with Crippen LogP contribution in [0.1, 0.15) is 27.8 Å². The highest BCUT2D eigenvalue weighted by Crippen LogP contribution is 2.22. The number of benzene rings is 2. The molecule has 0 aliphatic heterocycles. The number of ketones is 1. The van der Waals surface area contributed by atoms with Gasteiger partial charge >= 0.3 is 0 Å². The van der Waals surface area contributed by atoms with Crippen LogP contribution < -0.4 is 0 Å². The molecule has 0 saturated carbocycles. The normalized spacial score (nSPS) is 11.3. The highest BCUT2D eigenvalue weighted by atomic mass is 19.2. The lowest BCUT2D eigenvalue weighted by atomic mass is 9.98. The summed E-state index contributed by atoms with van der Waals surface area (Å²) in [5, 5.41) is 0. The van der Waals surface area contributed by atoms with Crippen LogP contribution in [-0.4, -0.2) is 18.5 Å². The fraction of sp³-hybridized carbons (Fsp3) is 0.263. The topological polar surface area (TPSA) is 29.4 Å². The second-order valence-corrected chi connectivity index (χ2v) is 5.85. The molecule has 0 aliphatic carbocycles. The quantitative estimate of drug-likeness (QED) is 0.340. The van der Waals surface area contributed by atoms with Gasteiger partial charge in [-0.15, -0.1) is 0 Å². The first kappa shape index (κ1) is 18.8. The van der Waals surface area contributed by atoms with Gasteiger partial charge in [0.05, 0.1) is 12.1 Å². The summed E-state index contributed by atoms with van der Waals surface area (Å²) in [4.78, 5) is 15.7. The summed E-state index contributed by atoms with van der Waals surface area (Å²) in [5.41, 5.74) is 1.37. The lowest BCUT2D eigenvalue weighted by molar-refractivity contribution is -0.117. The van der Waals surface area contributed by atoms with Crippen LogP contribution in [0.4, 0.5) is 17.6 Å². The number of nitrogens with zero attached hydrogens (tertiary/aromatic N) is 1. The molecule has 0 aliphatic rings. The molecule has 0 N–H and O–H groups in total. The zero-order valence-electron chi connectivity index (χ0n) is 14.1. The second kappa shape index (κ2) is 7.59. The molecule has 2 aromatic carbocycles. The van der Waals surface area contributed by atoms with Crippen LogP contribution in [0.3, 0.4) is 0 Å². The van der Waals surface area contributed by atoms with Gasteiger partial charge < -0.3 is 0 Å². The van der Waals surface area contributed by atoms with Gasteiger partial charge in [0.15, 0.2) is 23.2 Å². The summed E-state index contributed by atoms with van der Waals surface area (Å²) in [6, 6.07) is 5.65. The fourth-order valence-corrected chi connectivity index (χ4v) is 2.51. The molecule has 0 bridgehead atoms. The van der Waals surface area contributed by atoms with E-state index in [4.69, 9.17) is 0 Å². The zero-order chi connectivity index (χ0) is 18.7. The Kier molecular flexibility index (Phi) is 5.72. The van der Waals surface area contributed by atoms with Crippen LogP contribution in [0, 0.1) is 44.0 Å². The van der Waals surface area contributed by atoms with E-state index in [2.05, 4.69) is 4.99 Å². The van der Waals surface area contributed by atoms with E-state index in [0.717, 1.165) is 29.8 Å². The largest absolute Gasteiger partial charge is 0.297 e. The summed E-state index contributed by atoms with van der Waals surface area (Å²) in [6.45, 7) is 4.45. The van der Waals surface area contributed by atoms with Gasteiger partial charge in [-0.2, -0.15) is 0 Å². The highest BCUT2D eigenvalue weighted by molar-refractivity contribution is 5.87. The van der Waals surface area contributed by atoms with Gasteiger partial charge in [0, 0.05) is 18.2 Å². The van der Waals surface area contributed by atoms with Crippen LogP contribution in [-0.2, 0) is 11.2 Å². The molecule has 0 amide bonds. The summed E-state index contributed by atoms with van der Waals surface area (Å²) < 4.78 is 54.1. The van der Waals surface area contributed by atoms with Crippen molar-refractivity contribution in [1.29, 1.82) is 0 Å². The lowest BCUT2D eigenvalue weighted by Gasteiger charge is -2.08. The number of aryl methyl sites for hydroxylation is 2. The van der Waals surface area contributed by atoms with Crippen molar-refractivity contribution in [3.63, 3.8) is 0 Å². The number of carbonyl (C=O) groups is 1. The Labute approximate surface area is 143 Å². The van der Waals surface area contributed by atoms with Gasteiger partial charge in [0.25, 0.3) is 0 Å². The van der Waals surface area contributed by atoms with Crippen molar-refractivity contribution in [1.82, 2.24) is 0 Å². The Hall–Kier alpha value is -2.50. The molecule has 0 spiro atoms. The minimum Gasteiger partial charge on any atom is -0.297 e. The van der Waals surface area contributed by atoms with Crippen molar-refractivity contribution in [3.05, 3.63) is 69.3 Å². The molecule has 2 aromatic rings. The second-order valence-electron chi connectivity index (χ2n) is 5.85. The van der Waals surface area contributed by atoms with Crippen molar-refractivity contribution in [2.45, 2.75) is 27.2 Å². The maximum atomic E-state index is 13.9. The minimum atomic E-state index is -1.76. The summed E-state index contributed by atoms with van der Waals surface area (Å²) >= 11 is 0. The van der Waals surface area contributed by atoms with Crippen molar-refractivity contribution >= 4 is 12.0 Å². The number of rotatable bonds is 5. The van der Waals surface area contributed by atoms with E-state index < -0.39 is 34.4 Å². The van der Waals surface area contributed by atoms with Crippen molar-refractivity contribution in [2.24, 2.45) is 4.99 Å². The molecule has 25 heavy (non-hydrogen) atoms. The smallest absolute Gasteiger partial charge is 0.195 e. The molecule has 0 atom stereocenters. The van der Waals surface area contributed by atoms with Gasteiger partial charge in [-0.1, -0.05) is 18.2 Å². The van der Waals surface area contributed by atoms with Crippen molar-refractivity contribution < 1.29 is 22.4 Å². The molecular formula is C19H17F4NO. The third kappa shape index (κ3) is 3.95. The monoisotopic (exact) mass is 351 g/mol. The average molecular weight is 351 g/mol. The maximum absolute atomic E-state index is 13.9. The first-order chi connectivity index (χ1) is 11.7. The molecule has 2 rings (SSSR count). The van der Waals surface area contributed by atoms with Gasteiger partial charge in [-0.05, 0) is 37.5 Å². The molecule has 0 unspecified atom stereocenters. The Morgan fingerprint density at radius 1 is 0.960 bits per heavy atom. The molecule has 0 fully saturated rings.